The Morgan fingerprint density at radius 3 is 2.23 bits per heavy atom. The fourth-order valence-electron chi connectivity index (χ4n) is 5.38. The van der Waals surface area contributed by atoms with Crippen molar-refractivity contribution < 1.29 is 0 Å². The third-order valence-electron chi connectivity index (χ3n) is 7.39. The van der Waals surface area contributed by atoms with Gasteiger partial charge in [-0.05, 0) is 58.9 Å². The molecular formula is C36H41N3. The lowest BCUT2D eigenvalue weighted by Crippen LogP contribution is -2.37. The molecule has 1 heterocycles. The molecule has 1 aliphatic heterocycles. The zero-order valence-electron chi connectivity index (χ0n) is 24.0. The van der Waals surface area contributed by atoms with Gasteiger partial charge in [-0.25, -0.2) is 0 Å². The van der Waals surface area contributed by atoms with Crippen molar-refractivity contribution in [1.82, 2.24) is 5.01 Å². The molecule has 6 rings (SSSR count). The van der Waals surface area contributed by atoms with E-state index in [1.165, 1.54) is 33.5 Å². The van der Waals surface area contributed by atoms with Gasteiger partial charge in [0.05, 0.1) is 22.8 Å². The summed E-state index contributed by atoms with van der Waals surface area (Å²) in [5.74, 6) is 0. The van der Waals surface area contributed by atoms with E-state index in [9.17, 15) is 0 Å². The van der Waals surface area contributed by atoms with E-state index in [2.05, 4.69) is 111 Å². The lowest BCUT2D eigenvalue weighted by Gasteiger charge is -2.38. The number of hydrazine groups is 1. The summed E-state index contributed by atoms with van der Waals surface area (Å²) in [5.41, 5.74) is 21.3. The van der Waals surface area contributed by atoms with Crippen LogP contribution in [0.2, 0.25) is 0 Å². The minimum absolute atomic E-state index is 0.167. The van der Waals surface area contributed by atoms with E-state index in [0.29, 0.717) is 0 Å². The monoisotopic (exact) mass is 515 g/mol. The average molecular weight is 516 g/mol. The number of nitrogen functional groups attached to an aromatic ring is 1. The highest BCUT2D eigenvalue weighted by atomic mass is 15.5. The van der Waals surface area contributed by atoms with Crippen molar-refractivity contribution in [1.29, 1.82) is 0 Å². The summed E-state index contributed by atoms with van der Waals surface area (Å²) in [6, 6.07) is 27.0. The van der Waals surface area contributed by atoms with Gasteiger partial charge in [0.15, 0.2) is 0 Å². The molecule has 3 heteroatoms. The van der Waals surface area contributed by atoms with Crippen molar-refractivity contribution in [3.63, 3.8) is 0 Å². The fraction of sp³-hybridized carbons (Fsp3) is 0.222. The standard InChI is InChI=1S/C26H25N3.C8H10.C2H6/c1-17-15-16-20-19-9-4-5-11-21(19)26(2,3)25(20)29(24-14-8-10-18(17)24)28-23-13-7-6-12-22(23)27;1-2-8-6-4-3-5-7-8;1-2/h4-9,11-16,28H,1,10,27H2,2-3H3;3-7H,2H2,1H3;1-2H3/b16-15-;;. The molecule has 0 atom stereocenters. The number of anilines is 2. The number of rotatable bonds is 3. The molecule has 0 radical (unpaired) electrons. The minimum atomic E-state index is -0.167. The Kier molecular flexibility index (Phi) is 8.61. The van der Waals surface area contributed by atoms with E-state index in [4.69, 9.17) is 5.73 Å². The molecule has 0 fully saturated rings. The van der Waals surface area contributed by atoms with Crippen LogP contribution >= 0.6 is 0 Å². The summed E-state index contributed by atoms with van der Waals surface area (Å²) in [6.45, 7) is 15.1. The van der Waals surface area contributed by atoms with Crippen LogP contribution in [-0.4, -0.2) is 5.01 Å². The zero-order valence-corrected chi connectivity index (χ0v) is 24.0. The van der Waals surface area contributed by atoms with E-state index in [0.717, 1.165) is 35.5 Å². The number of aryl methyl sites for hydroxylation is 1. The SMILES string of the molecule is C=C1/C=C\C2=C(N(Nc3ccccc3N)C3=C1CC=C3)C(C)(C)c1ccccc12.CC.CCc1ccccc1. The Bertz CT molecular complexity index is 1450. The molecule has 0 amide bonds. The summed E-state index contributed by atoms with van der Waals surface area (Å²) in [4.78, 5) is 0. The van der Waals surface area contributed by atoms with Crippen molar-refractivity contribution in [3.05, 3.63) is 149 Å². The second-order valence-corrected chi connectivity index (χ2v) is 10.1. The van der Waals surface area contributed by atoms with E-state index >= 15 is 0 Å². The number of nitrogens with one attached hydrogen (secondary N) is 1. The van der Waals surface area contributed by atoms with Gasteiger partial charge in [0, 0.05) is 11.0 Å². The zero-order chi connectivity index (χ0) is 28.0. The molecule has 200 valence electrons. The highest BCUT2D eigenvalue weighted by Gasteiger charge is 2.42. The third-order valence-corrected chi connectivity index (χ3v) is 7.39. The van der Waals surface area contributed by atoms with Gasteiger partial charge < -0.3 is 5.73 Å². The Morgan fingerprint density at radius 1 is 0.872 bits per heavy atom. The fourth-order valence-corrected chi connectivity index (χ4v) is 5.38. The Hall–Kier alpha value is -4.24. The molecule has 39 heavy (non-hydrogen) atoms. The molecule has 0 saturated carbocycles. The van der Waals surface area contributed by atoms with Gasteiger partial charge in [-0.15, -0.1) is 0 Å². The first kappa shape index (κ1) is 27.8. The van der Waals surface area contributed by atoms with E-state index in [1.54, 1.807) is 0 Å². The van der Waals surface area contributed by atoms with Crippen LogP contribution in [0.4, 0.5) is 11.4 Å². The first-order valence-electron chi connectivity index (χ1n) is 14.0. The van der Waals surface area contributed by atoms with Gasteiger partial charge in [-0.1, -0.05) is 126 Å². The normalized spacial score (nSPS) is 17.1. The number of fused-ring (bicyclic) bond motifs is 2. The number of benzene rings is 3. The number of para-hydroxylation sites is 2. The van der Waals surface area contributed by atoms with Gasteiger partial charge >= 0.3 is 0 Å². The van der Waals surface area contributed by atoms with E-state index in [1.807, 2.05) is 44.2 Å². The summed E-state index contributed by atoms with van der Waals surface area (Å²) in [7, 11) is 0. The number of hydrogen-bond acceptors (Lipinski definition) is 3. The molecule has 3 N–H and O–H groups in total. The highest BCUT2D eigenvalue weighted by Crippen LogP contribution is 2.51. The molecule has 0 bridgehead atoms. The van der Waals surface area contributed by atoms with Gasteiger partial charge in [0.25, 0.3) is 0 Å². The van der Waals surface area contributed by atoms with E-state index in [-0.39, 0.29) is 5.41 Å². The summed E-state index contributed by atoms with van der Waals surface area (Å²) >= 11 is 0. The lowest BCUT2D eigenvalue weighted by atomic mass is 9.84. The number of allylic oxidation sites excluding steroid dienone is 8. The van der Waals surface area contributed by atoms with Crippen molar-refractivity contribution in [2.75, 3.05) is 11.2 Å². The maximum atomic E-state index is 6.29. The minimum Gasteiger partial charge on any atom is -0.397 e. The largest absolute Gasteiger partial charge is 0.397 e. The Morgan fingerprint density at radius 2 is 1.54 bits per heavy atom. The van der Waals surface area contributed by atoms with Crippen LogP contribution in [0.5, 0.6) is 0 Å². The van der Waals surface area contributed by atoms with Crippen LogP contribution in [0.15, 0.2) is 132 Å². The maximum absolute atomic E-state index is 6.29. The molecular weight excluding hydrogens is 474 g/mol. The molecule has 2 aliphatic carbocycles. The highest BCUT2D eigenvalue weighted by molar-refractivity contribution is 5.87. The van der Waals surface area contributed by atoms with Crippen molar-refractivity contribution in [2.45, 2.75) is 52.9 Å². The summed E-state index contributed by atoms with van der Waals surface area (Å²) in [5, 5.41) is 2.23. The molecule has 3 nitrogen and oxygen atoms in total. The molecule has 0 aromatic heterocycles. The molecule has 0 spiro atoms. The lowest BCUT2D eigenvalue weighted by molar-refractivity contribution is 0.427. The number of nitrogens with zero attached hydrogens (tertiary/aromatic N) is 1. The Balaban J connectivity index is 0.000000301. The number of hydrogen-bond donors (Lipinski definition) is 2. The predicted molar refractivity (Wildman–Crippen MR) is 169 cm³/mol. The number of nitrogens with two attached hydrogens (primary N) is 1. The van der Waals surface area contributed by atoms with Gasteiger partial charge in [0.1, 0.15) is 0 Å². The smallest absolute Gasteiger partial charge is 0.0775 e. The molecule has 0 saturated heterocycles. The van der Waals surface area contributed by atoms with Crippen LogP contribution in [0.25, 0.3) is 5.57 Å². The maximum Gasteiger partial charge on any atom is 0.0775 e. The van der Waals surface area contributed by atoms with Crippen molar-refractivity contribution in [2.24, 2.45) is 0 Å². The van der Waals surface area contributed by atoms with Crippen LogP contribution in [0, 0.1) is 0 Å². The van der Waals surface area contributed by atoms with Crippen molar-refractivity contribution >= 4 is 16.9 Å². The second-order valence-electron chi connectivity index (χ2n) is 10.1. The predicted octanol–water partition coefficient (Wildman–Crippen LogP) is 9.22. The van der Waals surface area contributed by atoms with Gasteiger partial charge in [-0.2, -0.15) is 0 Å². The average Bonchev–Trinajstić information content (AvgIpc) is 3.53. The first-order valence-corrected chi connectivity index (χ1v) is 14.0. The first-order chi connectivity index (χ1) is 18.9. The van der Waals surface area contributed by atoms with Crippen LogP contribution in [-0.2, 0) is 11.8 Å². The van der Waals surface area contributed by atoms with Gasteiger partial charge in [-0.3, -0.25) is 10.4 Å². The topological polar surface area (TPSA) is 41.3 Å². The quantitative estimate of drug-likeness (QED) is 0.342. The van der Waals surface area contributed by atoms with Crippen LogP contribution in [0.3, 0.4) is 0 Å². The van der Waals surface area contributed by atoms with Crippen molar-refractivity contribution in [3.8, 4) is 0 Å². The van der Waals surface area contributed by atoms with Gasteiger partial charge in [0.2, 0.25) is 0 Å². The molecule has 0 unspecified atom stereocenters. The summed E-state index contributed by atoms with van der Waals surface area (Å²) in [6.07, 6.45) is 10.8. The second kappa shape index (κ2) is 12.1. The Labute approximate surface area is 234 Å². The van der Waals surface area contributed by atoms with Crippen LogP contribution < -0.4 is 11.2 Å². The van der Waals surface area contributed by atoms with Crippen LogP contribution in [0.1, 0.15) is 57.7 Å². The molecule has 3 aromatic rings. The third kappa shape index (κ3) is 5.49. The molecule has 3 aliphatic rings. The molecule has 3 aromatic carbocycles. The summed E-state index contributed by atoms with van der Waals surface area (Å²) < 4.78 is 0. The van der Waals surface area contributed by atoms with E-state index < -0.39 is 0 Å².